The summed E-state index contributed by atoms with van der Waals surface area (Å²) in [4.78, 5) is 29.9. The number of hydrogen-bond donors (Lipinski definition) is 2. The van der Waals surface area contributed by atoms with Gasteiger partial charge in [-0.25, -0.2) is 4.98 Å². The molecule has 0 unspecified atom stereocenters. The zero-order valence-corrected chi connectivity index (χ0v) is 14.2. The number of pyridine rings is 2. The van der Waals surface area contributed by atoms with Crippen molar-refractivity contribution in [1.82, 2.24) is 9.55 Å². The maximum atomic E-state index is 13.0. The van der Waals surface area contributed by atoms with Crippen LogP contribution < -0.4 is 10.9 Å². The molecule has 0 radical (unpaired) electrons. The number of carbonyl (C=O) groups excluding carboxylic acids is 1. The highest BCUT2D eigenvalue weighted by atomic mass is 16.3. The normalized spacial score (nSPS) is 16.4. The maximum absolute atomic E-state index is 13.0. The van der Waals surface area contributed by atoms with Crippen LogP contribution in [-0.2, 0) is 12.8 Å². The van der Waals surface area contributed by atoms with E-state index in [4.69, 9.17) is 0 Å². The zero-order chi connectivity index (χ0) is 17.6. The highest BCUT2D eigenvalue weighted by Crippen LogP contribution is 2.39. The van der Waals surface area contributed by atoms with Crippen LogP contribution in [0, 0.1) is 6.92 Å². The largest absolute Gasteiger partial charge is 0.507 e. The third kappa shape index (κ3) is 2.81. The first kappa shape index (κ1) is 15.9. The van der Waals surface area contributed by atoms with Crippen molar-refractivity contribution in [2.75, 3.05) is 5.32 Å². The molecule has 1 saturated carbocycles. The summed E-state index contributed by atoms with van der Waals surface area (Å²) in [6, 6.07) is 5.45. The summed E-state index contributed by atoms with van der Waals surface area (Å²) in [5, 5.41) is 13.3. The van der Waals surface area contributed by atoms with Crippen LogP contribution in [0.1, 0.15) is 59.0 Å². The smallest absolute Gasteiger partial charge is 0.267 e. The molecule has 2 aliphatic rings. The minimum Gasteiger partial charge on any atom is -0.507 e. The number of anilines is 1. The number of carbonyl (C=O) groups is 1. The highest BCUT2D eigenvalue weighted by Gasteiger charge is 2.34. The van der Waals surface area contributed by atoms with E-state index in [2.05, 4.69) is 10.3 Å². The number of nitrogens with zero attached hydrogens (tertiary/aromatic N) is 2. The van der Waals surface area contributed by atoms with Gasteiger partial charge >= 0.3 is 0 Å². The van der Waals surface area contributed by atoms with E-state index in [1.807, 2.05) is 13.0 Å². The van der Waals surface area contributed by atoms with Crippen LogP contribution in [0.25, 0.3) is 0 Å². The summed E-state index contributed by atoms with van der Waals surface area (Å²) in [5.41, 5.74) is 1.91. The monoisotopic (exact) mass is 339 g/mol. The van der Waals surface area contributed by atoms with E-state index in [-0.39, 0.29) is 22.9 Å². The van der Waals surface area contributed by atoms with Crippen LogP contribution in [-0.4, -0.2) is 20.6 Å². The molecule has 2 heterocycles. The number of nitrogens with one attached hydrogen (secondary N) is 1. The number of aromatic hydroxyl groups is 1. The molecule has 2 aliphatic carbocycles. The Bertz CT molecular complexity index is 913. The number of aromatic nitrogens is 2. The van der Waals surface area contributed by atoms with Gasteiger partial charge in [0.05, 0.1) is 0 Å². The third-order valence-electron chi connectivity index (χ3n) is 4.95. The van der Waals surface area contributed by atoms with Crippen LogP contribution in [0.2, 0.25) is 0 Å². The molecular weight excluding hydrogens is 318 g/mol. The second-order valence-corrected chi connectivity index (χ2v) is 6.88. The van der Waals surface area contributed by atoms with E-state index < -0.39 is 5.91 Å². The average molecular weight is 339 g/mol. The average Bonchev–Trinajstić information content (AvgIpc) is 3.40. The predicted octanol–water partition coefficient (Wildman–Crippen LogP) is 2.72. The van der Waals surface area contributed by atoms with E-state index in [0.717, 1.165) is 49.1 Å². The Morgan fingerprint density at radius 3 is 2.76 bits per heavy atom. The molecule has 130 valence electrons. The number of rotatable bonds is 3. The highest BCUT2D eigenvalue weighted by molar-refractivity contribution is 6.05. The Morgan fingerprint density at radius 2 is 2.04 bits per heavy atom. The van der Waals surface area contributed by atoms with E-state index in [1.165, 1.54) is 0 Å². The van der Waals surface area contributed by atoms with Crippen LogP contribution in [0.3, 0.4) is 0 Å². The molecule has 4 rings (SSSR count). The minimum atomic E-state index is -0.594. The molecule has 2 N–H and O–H groups in total. The molecule has 0 saturated heterocycles. The summed E-state index contributed by atoms with van der Waals surface area (Å²) < 4.78 is 1.76. The van der Waals surface area contributed by atoms with Gasteiger partial charge in [-0.1, -0.05) is 6.07 Å². The number of hydrogen-bond acceptors (Lipinski definition) is 4. The summed E-state index contributed by atoms with van der Waals surface area (Å²) in [5.74, 6) is -0.371. The molecule has 1 fully saturated rings. The SMILES string of the molecule is Cc1cccc(NC(=O)c2c(O)c3c(n(C4CC4)c2=O)CCCC3)n1. The van der Waals surface area contributed by atoms with E-state index in [0.29, 0.717) is 12.2 Å². The van der Waals surface area contributed by atoms with Gasteiger partial charge in [-0.3, -0.25) is 9.59 Å². The summed E-state index contributed by atoms with van der Waals surface area (Å²) in [6.07, 6.45) is 5.38. The molecule has 1 amide bonds. The Labute approximate surface area is 145 Å². The van der Waals surface area contributed by atoms with Crippen LogP contribution >= 0.6 is 0 Å². The Kier molecular flexibility index (Phi) is 3.82. The van der Waals surface area contributed by atoms with E-state index >= 15 is 0 Å². The van der Waals surface area contributed by atoms with Gasteiger partial charge < -0.3 is 15.0 Å². The third-order valence-corrected chi connectivity index (χ3v) is 4.95. The molecule has 0 atom stereocenters. The number of aryl methyl sites for hydroxylation is 1. The Morgan fingerprint density at radius 1 is 1.28 bits per heavy atom. The predicted molar refractivity (Wildman–Crippen MR) is 94.2 cm³/mol. The van der Waals surface area contributed by atoms with Crippen molar-refractivity contribution in [2.45, 2.75) is 51.5 Å². The molecule has 25 heavy (non-hydrogen) atoms. The molecule has 0 aliphatic heterocycles. The molecule has 6 nitrogen and oxygen atoms in total. The Hall–Kier alpha value is -2.63. The molecule has 6 heteroatoms. The van der Waals surface area contributed by atoms with Gasteiger partial charge in [0.2, 0.25) is 0 Å². The van der Waals surface area contributed by atoms with E-state index in [9.17, 15) is 14.7 Å². The molecular formula is C19H21N3O3. The van der Waals surface area contributed by atoms with Crippen molar-refractivity contribution in [3.8, 4) is 5.75 Å². The summed E-state index contributed by atoms with van der Waals surface area (Å²) in [7, 11) is 0. The fourth-order valence-corrected chi connectivity index (χ4v) is 3.62. The maximum Gasteiger partial charge on any atom is 0.267 e. The van der Waals surface area contributed by atoms with Crippen LogP contribution in [0.15, 0.2) is 23.0 Å². The summed E-state index contributed by atoms with van der Waals surface area (Å²) in [6.45, 7) is 1.83. The molecule has 0 aromatic carbocycles. The van der Waals surface area contributed by atoms with Crippen molar-refractivity contribution < 1.29 is 9.90 Å². The molecule has 0 spiro atoms. The van der Waals surface area contributed by atoms with Crippen molar-refractivity contribution in [3.05, 3.63) is 51.1 Å². The fourth-order valence-electron chi connectivity index (χ4n) is 3.62. The van der Waals surface area contributed by atoms with Crippen molar-refractivity contribution in [2.24, 2.45) is 0 Å². The lowest BCUT2D eigenvalue weighted by Crippen LogP contribution is -2.33. The standard InChI is InChI=1S/C19H21N3O3/c1-11-5-4-8-15(20-11)21-18(24)16-17(23)13-6-2-3-7-14(13)22(19(16)25)12-9-10-12/h4-5,8,12,23H,2-3,6-7,9-10H2,1H3,(H,20,21,24). The van der Waals surface area contributed by atoms with Crippen LogP contribution in [0.5, 0.6) is 5.75 Å². The van der Waals surface area contributed by atoms with Gasteiger partial charge in [-0.05, 0) is 57.6 Å². The molecule has 2 aromatic heterocycles. The van der Waals surface area contributed by atoms with Crippen molar-refractivity contribution in [3.63, 3.8) is 0 Å². The topological polar surface area (TPSA) is 84.2 Å². The molecule has 0 bridgehead atoms. The molecule has 2 aromatic rings. The van der Waals surface area contributed by atoms with Gasteiger partial charge in [0, 0.05) is 23.0 Å². The lowest BCUT2D eigenvalue weighted by molar-refractivity contribution is 0.102. The van der Waals surface area contributed by atoms with Crippen LogP contribution in [0.4, 0.5) is 5.82 Å². The lowest BCUT2D eigenvalue weighted by Gasteiger charge is -2.23. The quantitative estimate of drug-likeness (QED) is 0.900. The fraction of sp³-hybridized carbons (Fsp3) is 0.421. The lowest BCUT2D eigenvalue weighted by atomic mass is 9.93. The van der Waals surface area contributed by atoms with Gasteiger partial charge in [0.15, 0.2) is 0 Å². The first-order chi connectivity index (χ1) is 12.1. The first-order valence-corrected chi connectivity index (χ1v) is 8.80. The van der Waals surface area contributed by atoms with Gasteiger partial charge in [0.1, 0.15) is 17.1 Å². The van der Waals surface area contributed by atoms with Crippen molar-refractivity contribution >= 4 is 11.7 Å². The van der Waals surface area contributed by atoms with Gasteiger partial charge in [-0.15, -0.1) is 0 Å². The van der Waals surface area contributed by atoms with Gasteiger partial charge in [-0.2, -0.15) is 0 Å². The zero-order valence-electron chi connectivity index (χ0n) is 14.2. The second kappa shape index (κ2) is 6.02. The van der Waals surface area contributed by atoms with E-state index in [1.54, 1.807) is 16.7 Å². The number of fused-ring (bicyclic) bond motifs is 1. The number of amides is 1. The minimum absolute atomic E-state index is 0.151. The summed E-state index contributed by atoms with van der Waals surface area (Å²) >= 11 is 0. The van der Waals surface area contributed by atoms with Crippen molar-refractivity contribution in [1.29, 1.82) is 0 Å². The Balaban J connectivity index is 1.80. The first-order valence-electron chi connectivity index (χ1n) is 8.80. The second-order valence-electron chi connectivity index (χ2n) is 6.88. The van der Waals surface area contributed by atoms with Gasteiger partial charge in [0.25, 0.3) is 11.5 Å².